The number of hydrogen-bond acceptors (Lipinski definition) is 5. The second kappa shape index (κ2) is 12.6. The van der Waals surface area contributed by atoms with Crippen molar-refractivity contribution in [3.63, 3.8) is 0 Å². The largest absolute Gasteiger partial charge is 0.487 e. The maximum Gasteiger partial charge on any atom is 0.306 e. The van der Waals surface area contributed by atoms with Gasteiger partial charge >= 0.3 is 5.97 Å². The number of aromatic nitrogens is 2. The van der Waals surface area contributed by atoms with E-state index in [4.69, 9.17) is 14.5 Å². The lowest BCUT2D eigenvalue weighted by Gasteiger charge is -2.07. The zero-order valence-corrected chi connectivity index (χ0v) is 23.1. The lowest BCUT2D eigenvalue weighted by molar-refractivity contribution is -0.143. The fourth-order valence-electron chi connectivity index (χ4n) is 4.51. The van der Waals surface area contributed by atoms with Crippen LogP contribution in [0, 0.1) is 6.92 Å². The molecule has 3 aromatic carbocycles. The fraction of sp³-hybridized carbons (Fsp3) is 0.212. The van der Waals surface area contributed by atoms with Gasteiger partial charge in [0.15, 0.2) is 0 Å². The average molecular weight is 537 g/mol. The molecule has 198 valence electrons. The van der Waals surface area contributed by atoms with Crippen LogP contribution in [0.15, 0.2) is 97.3 Å². The van der Waals surface area contributed by atoms with Gasteiger partial charge in [0.1, 0.15) is 17.4 Å². The Labute approximate surface area is 233 Å². The summed E-state index contributed by atoms with van der Waals surface area (Å²) in [5.74, 6) is 0.656. The smallest absolute Gasteiger partial charge is 0.306 e. The van der Waals surface area contributed by atoms with Crippen LogP contribution in [-0.4, -0.2) is 22.1 Å². The predicted octanol–water partition coefficient (Wildman–Crippen LogP) is 7.71. The van der Waals surface area contributed by atoms with Crippen LogP contribution in [0.2, 0.25) is 0 Å². The van der Waals surface area contributed by atoms with E-state index in [2.05, 4.69) is 60.3 Å². The molecule has 0 amide bonds. The zero-order chi connectivity index (χ0) is 27.0. The summed E-state index contributed by atoms with van der Waals surface area (Å²) >= 11 is 1.70. The van der Waals surface area contributed by atoms with Crippen molar-refractivity contribution in [2.75, 3.05) is 6.61 Å². The number of nitrogens with zero attached hydrogens (tertiary/aromatic N) is 2. The molecular weight excluding hydrogens is 504 g/mol. The quantitative estimate of drug-likeness (QED) is 0.162. The molecule has 5 aromatic rings. The van der Waals surface area contributed by atoms with E-state index in [1.165, 1.54) is 10.4 Å². The van der Waals surface area contributed by atoms with Gasteiger partial charge in [-0.25, -0.2) is 4.98 Å². The van der Waals surface area contributed by atoms with Crippen LogP contribution in [-0.2, 0) is 29.1 Å². The first-order valence-corrected chi connectivity index (χ1v) is 14.0. The highest BCUT2D eigenvalue weighted by Crippen LogP contribution is 2.29. The molecule has 6 heteroatoms. The van der Waals surface area contributed by atoms with Crippen LogP contribution >= 0.6 is 11.3 Å². The summed E-state index contributed by atoms with van der Waals surface area (Å²) in [6.07, 6.45) is 5.32. The van der Waals surface area contributed by atoms with Gasteiger partial charge in [-0.1, -0.05) is 72.8 Å². The molecular formula is C33H32N2O3S. The van der Waals surface area contributed by atoms with E-state index < -0.39 is 0 Å². The lowest BCUT2D eigenvalue weighted by Crippen LogP contribution is -2.05. The SMILES string of the molecule is CCOC(=O)CCc1cn(Cc2ccc(OCc3nc(-c4ccccc4)sc3C)cc2)cc1-c1ccccc1. The van der Waals surface area contributed by atoms with Gasteiger partial charge in [0.05, 0.1) is 12.3 Å². The van der Waals surface area contributed by atoms with Crippen LogP contribution in [0.5, 0.6) is 5.75 Å². The highest BCUT2D eigenvalue weighted by Gasteiger charge is 2.13. The maximum absolute atomic E-state index is 12.0. The van der Waals surface area contributed by atoms with Crippen LogP contribution in [0.3, 0.4) is 0 Å². The molecule has 0 N–H and O–H groups in total. The average Bonchev–Trinajstić information content (AvgIpc) is 3.55. The molecule has 5 nitrogen and oxygen atoms in total. The highest BCUT2D eigenvalue weighted by atomic mass is 32.1. The van der Waals surface area contributed by atoms with Crippen LogP contribution < -0.4 is 4.74 Å². The first-order valence-electron chi connectivity index (χ1n) is 13.2. The van der Waals surface area contributed by atoms with Crippen molar-refractivity contribution in [2.24, 2.45) is 0 Å². The van der Waals surface area contributed by atoms with Crippen molar-refractivity contribution in [1.82, 2.24) is 9.55 Å². The van der Waals surface area contributed by atoms with E-state index in [-0.39, 0.29) is 5.97 Å². The minimum absolute atomic E-state index is 0.163. The molecule has 0 radical (unpaired) electrons. The molecule has 0 fully saturated rings. The third kappa shape index (κ3) is 6.84. The van der Waals surface area contributed by atoms with Crippen LogP contribution in [0.1, 0.15) is 35.0 Å². The van der Waals surface area contributed by atoms with Crippen molar-refractivity contribution < 1.29 is 14.3 Å². The third-order valence-corrected chi connectivity index (χ3v) is 7.59. The van der Waals surface area contributed by atoms with E-state index in [1.807, 2.05) is 55.5 Å². The molecule has 2 heterocycles. The Morgan fingerprint density at radius 3 is 2.28 bits per heavy atom. The molecule has 0 saturated heterocycles. The monoisotopic (exact) mass is 536 g/mol. The Morgan fingerprint density at radius 2 is 1.59 bits per heavy atom. The number of benzene rings is 3. The topological polar surface area (TPSA) is 53.4 Å². The summed E-state index contributed by atoms with van der Waals surface area (Å²) in [5.41, 5.74) is 6.71. The second-order valence-corrected chi connectivity index (χ2v) is 10.6. The summed E-state index contributed by atoms with van der Waals surface area (Å²) in [7, 11) is 0. The normalized spacial score (nSPS) is 10.9. The highest BCUT2D eigenvalue weighted by molar-refractivity contribution is 7.15. The van der Waals surface area contributed by atoms with Crippen molar-refractivity contribution >= 4 is 17.3 Å². The first kappa shape index (κ1) is 26.4. The maximum atomic E-state index is 12.0. The minimum atomic E-state index is -0.163. The van der Waals surface area contributed by atoms with E-state index in [0.29, 0.717) is 26.1 Å². The van der Waals surface area contributed by atoms with Crippen LogP contribution in [0.25, 0.3) is 21.7 Å². The lowest BCUT2D eigenvalue weighted by atomic mass is 10.0. The number of esters is 1. The summed E-state index contributed by atoms with van der Waals surface area (Å²) in [6, 6.07) is 28.8. The Morgan fingerprint density at radius 1 is 0.897 bits per heavy atom. The van der Waals surface area contributed by atoms with E-state index in [0.717, 1.165) is 45.2 Å². The fourth-order valence-corrected chi connectivity index (χ4v) is 5.44. The van der Waals surface area contributed by atoms with Crippen molar-refractivity contribution in [3.05, 3.63) is 119 Å². The molecule has 0 spiro atoms. The standard InChI is InChI=1S/C33H32N2O3S/c1-3-37-32(36)19-16-28-21-35(22-30(28)26-10-6-4-7-11-26)20-25-14-17-29(18-15-25)38-23-31-24(2)39-33(34-31)27-12-8-5-9-13-27/h4-15,17-18,21-22H,3,16,19-20,23H2,1-2H3. The number of hydrogen-bond donors (Lipinski definition) is 0. The van der Waals surface area contributed by atoms with Gasteiger partial charge in [-0.15, -0.1) is 11.3 Å². The Kier molecular flexibility index (Phi) is 8.54. The molecule has 5 rings (SSSR count). The molecule has 2 aromatic heterocycles. The number of thiazole rings is 1. The summed E-state index contributed by atoms with van der Waals surface area (Å²) in [5, 5.41) is 1.02. The number of rotatable bonds is 11. The van der Waals surface area contributed by atoms with Gasteiger partial charge in [-0.2, -0.15) is 0 Å². The Hall–Kier alpha value is -4.16. The number of carbonyl (C=O) groups excluding carboxylic acids is 1. The molecule has 0 unspecified atom stereocenters. The van der Waals surface area contributed by atoms with Gasteiger partial charge in [0.2, 0.25) is 0 Å². The summed E-state index contributed by atoms with van der Waals surface area (Å²) < 4.78 is 13.4. The molecule has 0 aliphatic heterocycles. The number of carbonyl (C=O) groups is 1. The molecule has 0 saturated carbocycles. The van der Waals surface area contributed by atoms with Crippen molar-refractivity contribution in [1.29, 1.82) is 0 Å². The van der Waals surface area contributed by atoms with Crippen molar-refractivity contribution in [2.45, 2.75) is 39.8 Å². The van der Waals surface area contributed by atoms with Gasteiger partial charge < -0.3 is 14.0 Å². The van der Waals surface area contributed by atoms with E-state index in [1.54, 1.807) is 11.3 Å². The van der Waals surface area contributed by atoms with Gasteiger partial charge in [0, 0.05) is 41.4 Å². The number of aryl methyl sites for hydroxylation is 2. The Bertz CT molecular complexity index is 1510. The van der Waals surface area contributed by atoms with Gasteiger partial charge in [0.25, 0.3) is 0 Å². The second-order valence-electron chi connectivity index (χ2n) is 9.36. The molecule has 0 atom stereocenters. The molecule has 0 aliphatic rings. The molecule has 0 aliphatic carbocycles. The zero-order valence-electron chi connectivity index (χ0n) is 22.3. The number of ether oxygens (including phenoxy) is 2. The summed E-state index contributed by atoms with van der Waals surface area (Å²) in [6.45, 7) is 5.50. The van der Waals surface area contributed by atoms with E-state index >= 15 is 0 Å². The van der Waals surface area contributed by atoms with Crippen LogP contribution in [0.4, 0.5) is 0 Å². The first-order chi connectivity index (χ1) is 19.1. The molecule has 0 bridgehead atoms. The predicted molar refractivity (Wildman–Crippen MR) is 157 cm³/mol. The van der Waals surface area contributed by atoms with Gasteiger partial charge in [-0.05, 0) is 49.1 Å². The molecule has 39 heavy (non-hydrogen) atoms. The minimum Gasteiger partial charge on any atom is -0.487 e. The van der Waals surface area contributed by atoms with E-state index in [9.17, 15) is 4.79 Å². The Balaban J connectivity index is 1.24. The summed E-state index contributed by atoms with van der Waals surface area (Å²) in [4.78, 5) is 18.0. The van der Waals surface area contributed by atoms with Crippen molar-refractivity contribution in [3.8, 4) is 27.4 Å². The van der Waals surface area contributed by atoms with Gasteiger partial charge in [-0.3, -0.25) is 4.79 Å². The third-order valence-electron chi connectivity index (χ3n) is 6.53.